The molecule has 0 unspecified atom stereocenters. The van der Waals surface area contributed by atoms with E-state index in [1.165, 1.54) is 12.1 Å². The van der Waals surface area contributed by atoms with Crippen LogP contribution in [-0.4, -0.2) is 60.3 Å². The molecule has 0 amide bonds. The normalized spacial score (nSPS) is 8.80. The van der Waals surface area contributed by atoms with Crippen LogP contribution in [0.5, 0.6) is 0 Å². The monoisotopic (exact) mass is 648 g/mol. The smallest absolute Gasteiger partial charge is 0.339 e. The SMILES string of the molecule is C.C.NC(N)=[NH+]Cc1ccc[c]([Sn][F])c1.NC(N)=[NH+]Cc1cccc(F)c1.O=S([O-])[O-].O=S([O-])[O-]. The summed E-state index contributed by atoms with van der Waals surface area (Å²) in [4.78, 5) is 5.48. The molecule has 0 aliphatic heterocycles. The van der Waals surface area contributed by atoms with Gasteiger partial charge in [-0.2, -0.15) is 0 Å². The van der Waals surface area contributed by atoms with Gasteiger partial charge in [-0.3, -0.25) is 24.9 Å². The Morgan fingerprint density at radius 3 is 1.51 bits per heavy atom. The molecule has 0 saturated heterocycles. The molecule has 0 aliphatic rings. The average Bonchev–Trinajstić information content (AvgIpc) is 2.71. The van der Waals surface area contributed by atoms with Gasteiger partial charge in [0.2, 0.25) is 0 Å². The van der Waals surface area contributed by atoms with Crippen LogP contribution in [-0.2, 0) is 35.8 Å². The van der Waals surface area contributed by atoms with E-state index in [1.54, 1.807) is 12.1 Å². The van der Waals surface area contributed by atoms with Gasteiger partial charge in [-0.25, -0.2) is 4.39 Å². The Bertz CT molecular complexity index is 916. The van der Waals surface area contributed by atoms with Crippen LogP contribution in [0.25, 0.3) is 0 Å². The van der Waals surface area contributed by atoms with Crippen LogP contribution < -0.4 is 36.5 Å². The molecule has 0 atom stereocenters. The summed E-state index contributed by atoms with van der Waals surface area (Å²) in [5.74, 6) is 0.0646. The van der Waals surface area contributed by atoms with E-state index in [1.807, 2.05) is 24.3 Å². The second-order valence-electron chi connectivity index (χ2n) is 5.45. The molecule has 0 bridgehead atoms. The topological polar surface area (TPSA) is 258 Å². The maximum atomic E-state index is 12.6. The Morgan fingerprint density at radius 1 is 0.800 bits per heavy atom. The molecule has 2 aromatic rings. The molecule has 2 rings (SSSR count). The maximum Gasteiger partial charge on any atom is 0.339 e. The van der Waals surface area contributed by atoms with Crippen LogP contribution in [0.3, 0.4) is 0 Å². The second kappa shape index (κ2) is 24.9. The minimum atomic E-state index is -3.11. The quantitative estimate of drug-likeness (QED) is 0.0788. The Hall–Kier alpha value is -2.22. The predicted octanol–water partition coefficient (Wildman–Crippen LogP) is -4.30. The molecule has 17 heteroatoms. The second-order valence-corrected chi connectivity index (χ2v) is 8.45. The number of benzene rings is 2. The zero-order valence-electron chi connectivity index (χ0n) is 16.9. The molecule has 10 N–H and O–H groups in total. The number of halogens is 2. The van der Waals surface area contributed by atoms with Crippen molar-refractivity contribution in [1.82, 2.24) is 0 Å². The molecular formula is C18H30F2N6O6S2Sn-2. The molecule has 12 nitrogen and oxygen atoms in total. The van der Waals surface area contributed by atoms with Gasteiger partial charge in [-0.15, -0.1) is 22.7 Å². The van der Waals surface area contributed by atoms with Crippen molar-refractivity contribution in [1.29, 1.82) is 0 Å². The molecule has 2 radical (unpaired) electrons. The molecule has 0 fully saturated rings. The number of guanidine groups is 2. The van der Waals surface area contributed by atoms with Gasteiger partial charge in [-0.1, -0.05) is 27.0 Å². The fourth-order valence-corrected chi connectivity index (χ4v) is 2.93. The Balaban J connectivity index is -0.000000202. The fraction of sp³-hybridized carbons (Fsp3) is 0.222. The summed E-state index contributed by atoms with van der Waals surface area (Å²) in [6.45, 7) is 0.996. The molecule has 200 valence electrons. The largest absolute Gasteiger partial charge is 0.784 e. The molecule has 2 aromatic carbocycles. The van der Waals surface area contributed by atoms with Gasteiger partial charge in [0, 0.05) is 0 Å². The Morgan fingerprint density at radius 2 is 1.17 bits per heavy atom. The Kier molecular flexibility index (Phi) is 28.4. The summed E-state index contributed by atoms with van der Waals surface area (Å²) in [6, 6.07) is 13.7. The van der Waals surface area contributed by atoms with Crippen molar-refractivity contribution < 1.29 is 43.9 Å². The van der Waals surface area contributed by atoms with Gasteiger partial charge >= 0.3 is 92.9 Å². The summed E-state index contributed by atoms with van der Waals surface area (Å²) in [5.41, 5.74) is 22.6. The first kappa shape index (κ1) is 40.0. The van der Waals surface area contributed by atoms with Crippen molar-refractivity contribution >= 4 is 59.9 Å². The first-order chi connectivity index (χ1) is 15.4. The van der Waals surface area contributed by atoms with Crippen LogP contribution >= 0.6 is 0 Å². The third-order valence-electron chi connectivity index (χ3n) is 2.92. The van der Waals surface area contributed by atoms with E-state index < -0.39 is 44.4 Å². The summed E-state index contributed by atoms with van der Waals surface area (Å²) in [6.07, 6.45) is 0. The summed E-state index contributed by atoms with van der Waals surface area (Å²) >= 11 is -8.04. The van der Waals surface area contributed by atoms with Crippen molar-refractivity contribution in [2.75, 3.05) is 0 Å². The van der Waals surface area contributed by atoms with Gasteiger partial charge in [0.15, 0.2) is 0 Å². The molecule has 35 heavy (non-hydrogen) atoms. The number of rotatable bonds is 5. The van der Waals surface area contributed by atoms with Crippen molar-refractivity contribution in [2.45, 2.75) is 27.9 Å². The number of hydrogen-bond donors (Lipinski definition) is 6. The van der Waals surface area contributed by atoms with Gasteiger partial charge in [-0.05, 0) is 17.7 Å². The van der Waals surface area contributed by atoms with Crippen molar-refractivity contribution in [3.05, 3.63) is 65.5 Å². The van der Waals surface area contributed by atoms with Crippen LogP contribution in [0.15, 0.2) is 48.5 Å². The first-order valence-corrected chi connectivity index (χ1v) is 12.8. The van der Waals surface area contributed by atoms with E-state index >= 15 is 0 Å². The van der Waals surface area contributed by atoms with Gasteiger partial charge in [0.1, 0.15) is 5.82 Å². The zero-order valence-corrected chi connectivity index (χ0v) is 21.4. The van der Waals surface area contributed by atoms with Gasteiger partial charge in [0.25, 0.3) is 0 Å². The van der Waals surface area contributed by atoms with Gasteiger partial charge in [0.05, 0.1) is 6.54 Å². The molecular weight excluding hydrogens is 617 g/mol. The number of hydrogen-bond acceptors (Lipinski definition) is 6. The Labute approximate surface area is 219 Å². The van der Waals surface area contributed by atoms with E-state index in [0.717, 1.165) is 14.7 Å². The van der Waals surface area contributed by atoms with Gasteiger partial charge < -0.3 is 18.2 Å². The standard InChI is InChI=1S/C8H10FN3.C8H10N3.2CH4.FH.2H2O3S.Sn/c9-7-3-1-2-6(4-7)5-12-8(10)11;9-8(10)11-6-7-4-2-1-3-5-7;;;;2*1-4(2)3;/h1-4H,5H2,(H4,10,11,12);1-2,4-5H,6H2,(H4,9,10,11);2*1H4;1H;2*(H2,1,2,3);/q;;;;;;;+1/p-3. The van der Waals surface area contributed by atoms with E-state index in [2.05, 4.69) is 9.98 Å². The van der Waals surface area contributed by atoms with Crippen LogP contribution in [0, 0.1) is 5.82 Å². The third kappa shape index (κ3) is 31.8. The van der Waals surface area contributed by atoms with E-state index in [9.17, 15) is 7.26 Å². The van der Waals surface area contributed by atoms with E-state index in [-0.39, 0.29) is 32.6 Å². The average molecular weight is 647 g/mol. The summed E-state index contributed by atoms with van der Waals surface area (Å²) < 4.78 is 76.5. The molecule has 0 saturated carbocycles. The van der Waals surface area contributed by atoms with Crippen LogP contribution in [0.2, 0.25) is 0 Å². The zero-order chi connectivity index (χ0) is 25.8. The fourth-order valence-electron chi connectivity index (χ4n) is 1.80. The minimum Gasteiger partial charge on any atom is -0.784 e. The summed E-state index contributed by atoms with van der Waals surface area (Å²) in [7, 11) is 0. The maximum absolute atomic E-state index is 12.6. The van der Waals surface area contributed by atoms with Crippen LogP contribution in [0.1, 0.15) is 26.0 Å². The van der Waals surface area contributed by atoms with E-state index in [0.29, 0.717) is 13.1 Å². The molecule has 0 aliphatic carbocycles. The van der Waals surface area contributed by atoms with Crippen molar-refractivity contribution in [3.63, 3.8) is 0 Å². The molecule has 0 aromatic heterocycles. The minimum absolute atomic E-state index is 0. The molecule has 0 spiro atoms. The van der Waals surface area contributed by atoms with E-state index in [4.69, 9.17) is 49.6 Å². The first-order valence-electron chi connectivity index (χ1n) is 8.34. The number of nitrogens with one attached hydrogen (secondary N) is 2. The van der Waals surface area contributed by atoms with Crippen LogP contribution in [0.4, 0.5) is 7.26 Å². The predicted molar refractivity (Wildman–Crippen MR) is 128 cm³/mol. The van der Waals surface area contributed by atoms with Crippen molar-refractivity contribution in [2.24, 2.45) is 22.9 Å². The third-order valence-corrected chi connectivity index (χ3v) is 4.43. The summed E-state index contributed by atoms with van der Waals surface area (Å²) in [5, 5.41) is 0. The van der Waals surface area contributed by atoms with Crippen molar-refractivity contribution in [3.8, 4) is 0 Å². The molecule has 0 heterocycles. The number of nitrogens with two attached hydrogens (primary N) is 4.